The number of hydrogen-bond donors (Lipinski definition) is 0. The van der Waals surface area contributed by atoms with Gasteiger partial charge in [0.25, 0.3) is 0 Å². The van der Waals surface area contributed by atoms with Crippen LogP contribution < -0.4 is 0 Å². The molecule has 0 atom stereocenters. The average molecular weight is 487 g/mol. The van der Waals surface area contributed by atoms with Crippen molar-refractivity contribution in [3.8, 4) is 0 Å². The lowest BCUT2D eigenvalue weighted by Crippen LogP contribution is -2.41. The molecule has 34 heavy (non-hydrogen) atoms. The van der Waals surface area contributed by atoms with E-state index in [1.54, 1.807) is 0 Å². The average Bonchev–Trinajstić information content (AvgIpc) is 2.79. The number of nitrogens with zero attached hydrogens (tertiary/aromatic N) is 4. The van der Waals surface area contributed by atoms with Crippen LogP contribution in [0, 0.1) is 0 Å². The molecule has 0 spiro atoms. The van der Waals surface area contributed by atoms with Gasteiger partial charge in [-0.2, -0.15) is 10.2 Å². The second kappa shape index (κ2) is 11.4. The van der Waals surface area contributed by atoms with Crippen LogP contribution in [0.15, 0.2) is 95.1 Å². The van der Waals surface area contributed by atoms with Crippen molar-refractivity contribution >= 4 is 28.9 Å². The van der Waals surface area contributed by atoms with Crippen molar-refractivity contribution in [1.82, 2.24) is 9.35 Å². The van der Waals surface area contributed by atoms with E-state index < -0.39 is 16.5 Å². The van der Waals surface area contributed by atoms with Gasteiger partial charge in [-0.15, -0.1) is 0 Å². The van der Waals surface area contributed by atoms with Gasteiger partial charge in [-0.3, -0.25) is 0 Å². The molecule has 0 aliphatic heterocycles. The van der Waals surface area contributed by atoms with Crippen LogP contribution in [0.3, 0.4) is 0 Å². The van der Waals surface area contributed by atoms with Crippen LogP contribution in [-0.2, 0) is 13.1 Å². The van der Waals surface area contributed by atoms with Crippen LogP contribution in [0.2, 0.25) is 39.3 Å². The van der Waals surface area contributed by atoms with E-state index in [1.165, 1.54) is 11.1 Å². The van der Waals surface area contributed by atoms with Gasteiger partial charge in [0.1, 0.15) is 0 Å². The molecule has 0 aliphatic rings. The molecule has 6 heteroatoms. The summed E-state index contributed by atoms with van der Waals surface area (Å²) in [5, 5.41) is 9.83. The van der Waals surface area contributed by atoms with E-state index in [9.17, 15) is 0 Å². The van der Waals surface area contributed by atoms with Crippen molar-refractivity contribution in [2.24, 2.45) is 10.2 Å². The first-order valence-corrected chi connectivity index (χ1v) is 18.8. The van der Waals surface area contributed by atoms with E-state index in [4.69, 9.17) is 10.2 Å². The van der Waals surface area contributed by atoms with Gasteiger partial charge in [-0.25, -0.2) is 0 Å². The summed E-state index contributed by atoms with van der Waals surface area (Å²) in [5.74, 6) is 0. The summed E-state index contributed by atoms with van der Waals surface area (Å²) in [6, 6.07) is 29.6. The van der Waals surface area contributed by atoms with Crippen LogP contribution in [-0.4, -0.2) is 38.2 Å². The van der Waals surface area contributed by atoms with E-state index in [-0.39, 0.29) is 0 Å². The lowest BCUT2D eigenvalue weighted by Gasteiger charge is -2.31. The summed E-state index contributed by atoms with van der Waals surface area (Å²) < 4.78 is 4.55. The zero-order valence-electron chi connectivity index (χ0n) is 21.4. The molecule has 0 N–H and O–H groups in total. The van der Waals surface area contributed by atoms with E-state index in [1.807, 2.05) is 12.4 Å². The second-order valence-electron chi connectivity index (χ2n) is 10.6. The molecule has 0 radical (unpaired) electrons. The topological polar surface area (TPSA) is 31.2 Å². The quantitative estimate of drug-likeness (QED) is 0.175. The smallest absolute Gasteiger partial charge is 0.169 e. The predicted octanol–water partition coefficient (Wildman–Crippen LogP) is 7.03. The Kier molecular flexibility index (Phi) is 8.63. The minimum atomic E-state index is -1.62. The highest BCUT2D eigenvalue weighted by Crippen LogP contribution is 2.17. The summed E-state index contributed by atoms with van der Waals surface area (Å²) in [6.45, 7) is 15.6. The normalized spacial score (nSPS) is 12.4. The van der Waals surface area contributed by atoms with E-state index >= 15 is 0 Å². The van der Waals surface area contributed by atoms with Crippen molar-refractivity contribution in [1.29, 1.82) is 0 Å². The van der Waals surface area contributed by atoms with E-state index in [0.717, 1.165) is 24.2 Å². The van der Waals surface area contributed by atoms with Gasteiger partial charge in [0.2, 0.25) is 0 Å². The van der Waals surface area contributed by atoms with Crippen molar-refractivity contribution < 1.29 is 0 Å². The molecule has 0 amide bonds. The van der Waals surface area contributed by atoms with Crippen LogP contribution in [0.5, 0.6) is 0 Å². The first kappa shape index (κ1) is 25.7. The summed E-state index contributed by atoms with van der Waals surface area (Å²) in [4.78, 5) is 0. The summed E-state index contributed by atoms with van der Waals surface area (Å²) in [7, 11) is -3.24. The molecule has 0 saturated carbocycles. The molecule has 0 bridgehead atoms. The lowest BCUT2D eigenvalue weighted by atomic mass is 10.1. The van der Waals surface area contributed by atoms with Crippen molar-refractivity contribution in [3.05, 3.63) is 107 Å². The first-order chi connectivity index (χ1) is 16.1. The third kappa shape index (κ3) is 8.11. The van der Waals surface area contributed by atoms with Gasteiger partial charge in [-0.05, 0) is 28.3 Å². The van der Waals surface area contributed by atoms with Gasteiger partial charge in [-0.1, -0.05) is 118 Å². The molecule has 0 aromatic heterocycles. The molecule has 4 nitrogen and oxygen atoms in total. The highest BCUT2D eigenvalue weighted by atomic mass is 28.3. The van der Waals surface area contributed by atoms with Crippen molar-refractivity contribution in [2.75, 3.05) is 0 Å². The van der Waals surface area contributed by atoms with Gasteiger partial charge in [0.05, 0.1) is 25.5 Å². The minimum Gasteiger partial charge on any atom is -0.320 e. The predicted molar refractivity (Wildman–Crippen MR) is 152 cm³/mol. The van der Waals surface area contributed by atoms with Crippen molar-refractivity contribution in [2.45, 2.75) is 52.4 Å². The Morgan fingerprint density at radius 1 is 0.559 bits per heavy atom. The van der Waals surface area contributed by atoms with Crippen LogP contribution in [0.25, 0.3) is 0 Å². The van der Waals surface area contributed by atoms with Crippen LogP contribution >= 0.6 is 0 Å². The Labute approximate surface area is 207 Å². The highest BCUT2D eigenvalue weighted by molar-refractivity contribution is 6.73. The molecule has 3 aromatic carbocycles. The van der Waals surface area contributed by atoms with E-state index in [0.29, 0.717) is 0 Å². The van der Waals surface area contributed by atoms with E-state index in [2.05, 4.69) is 134 Å². The molecule has 0 fully saturated rings. The number of rotatable bonds is 10. The van der Waals surface area contributed by atoms with Gasteiger partial charge in [0.15, 0.2) is 16.5 Å². The van der Waals surface area contributed by atoms with Gasteiger partial charge < -0.3 is 9.35 Å². The molecular formula is C28H38N4Si2. The molecule has 0 heterocycles. The molecular weight excluding hydrogens is 449 g/mol. The van der Waals surface area contributed by atoms with Gasteiger partial charge >= 0.3 is 0 Å². The summed E-state index contributed by atoms with van der Waals surface area (Å²) >= 11 is 0. The Hall–Kier alpha value is -2.97. The molecule has 3 aromatic rings. The van der Waals surface area contributed by atoms with Gasteiger partial charge in [0, 0.05) is 0 Å². The highest BCUT2D eigenvalue weighted by Gasteiger charge is 2.23. The summed E-state index contributed by atoms with van der Waals surface area (Å²) in [6.07, 6.45) is 3.97. The molecule has 0 aliphatic carbocycles. The summed E-state index contributed by atoms with van der Waals surface area (Å²) in [5.41, 5.74) is 4.74. The largest absolute Gasteiger partial charge is 0.320 e. The fourth-order valence-corrected chi connectivity index (χ4v) is 5.53. The fraction of sp³-hybridized carbons (Fsp3) is 0.286. The fourth-order valence-electron chi connectivity index (χ4n) is 3.41. The Balaban J connectivity index is 1.75. The zero-order valence-corrected chi connectivity index (χ0v) is 23.4. The Morgan fingerprint density at radius 3 is 1.29 bits per heavy atom. The molecule has 178 valence electrons. The molecule has 0 saturated heterocycles. The molecule has 0 unspecified atom stereocenters. The second-order valence-corrected chi connectivity index (χ2v) is 20.3. The number of hydrazone groups is 2. The Morgan fingerprint density at radius 2 is 0.941 bits per heavy atom. The van der Waals surface area contributed by atoms with Crippen LogP contribution in [0.1, 0.15) is 22.3 Å². The number of benzene rings is 3. The minimum absolute atomic E-state index is 0.832. The standard InChI is InChI=1S/C28H38N4Si2/c1-33(2,3)31(23-25-14-9-7-10-15-25)29-21-27-18-13-19-28(20-27)22-30-32(34(4,5)6)24-26-16-11-8-12-17-26/h7-22H,23-24H2,1-6H3. The third-order valence-corrected chi connectivity index (χ3v) is 9.15. The Bertz CT molecular complexity index is 1000. The number of hydrogen-bond acceptors (Lipinski definition) is 4. The first-order valence-electron chi connectivity index (χ1n) is 11.9. The third-order valence-electron chi connectivity index (χ3n) is 5.50. The van der Waals surface area contributed by atoms with Crippen LogP contribution in [0.4, 0.5) is 0 Å². The SMILES string of the molecule is C[Si](C)(C)N(Cc1ccccc1)N=Cc1cccc(C=NN(Cc2ccccc2)[Si](C)(C)C)c1. The maximum absolute atomic E-state index is 4.91. The maximum Gasteiger partial charge on any atom is 0.169 e. The maximum atomic E-state index is 4.91. The molecule has 3 rings (SSSR count). The monoisotopic (exact) mass is 486 g/mol. The van der Waals surface area contributed by atoms with Crippen molar-refractivity contribution in [3.63, 3.8) is 0 Å². The zero-order chi connectivity index (χ0) is 24.6. The lowest BCUT2D eigenvalue weighted by molar-refractivity contribution is 0.446.